The molecule has 1 fully saturated rings. The molecule has 0 radical (unpaired) electrons. The molecule has 1 N–H and O–H groups in total. The molecule has 1 aliphatic rings. The van der Waals surface area contributed by atoms with Gasteiger partial charge in [0.05, 0.1) is 17.0 Å². The first kappa shape index (κ1) is 18.7. The lowest BCUT2D eigenvalue weighted by Crippen LogP contribution is -2.38. The molecule has 1 aliphatic carbocycles. The third-order valence-corrected chi connectivity index (χ3v) is 5.24. The van der Waals surface area contributed by atoms with Gasteiger partial charge in [0.2, 0.25) is 5.91 Å². The van der Waals surface area contributed by atoms with Crippen LogP contribution in [-0.4, -0.2) is 12.5 Å². The number of ether oxygens (including phenoxy) is 1. The van der Waals surface area contributed by atoms with Gasteiger partial charge in [-0.2, -0.15) is 0 Å². The predicted octanol–water partition coefficient (Wildman–Crippen LogP) is 5.72. The molecule has 2 aromatic carbocycles. The highest BCUT2D eigenvalue weighted by atomic mass is 35.5. The lowest BCUT2D eigenvalue weighted by Gasteiger charge is -2.28. The maximum absolute atomic E-state index is 13.3. The van der Waals surface area contributed by atoms with E-state index in [1.54, 1.807) is 30.3 Å². The molecule has 0 atom stereocenters. The van der Waals surface area contributed by atoms with Gasteiger partial charge in [-0.05, 0) is 55.2 Å². The van der Waals surface area contributed by atoms with Gasteiger partial charge in [-0.25, -0.2) is 4.39 Å². The van der Waals surface area contributed by atoms with E-state index in [0.717, 1.165) is 37.7 Å². The quantitative estimate of drug-likeness (QED) is 0.701. The van der Waals surface area contributed by atoms with Crippen LogP contribution < -0.4 is 10.1 Å². The Labute approximate surface area is 158 Å². The van der Waals surface area contributed by atoms with E-state index in [4.69, 9.17) is 16.3 Å². The minimum Gasteiger partial charge on any atom is -0.492 e. The number of anilines is 1. The summed E-state index contributed by atoms with van der Waals surface area (Å²) in [7, 11) is 0. The first-order chi connectivity index (χ1) is 12.5. The maximum atomic E-state index is 13.3. The lowest BCUT2D eigenvalue weighted by molar-refractivity contribution is -0.121. The van der Waals surface area contributed by atoms with E-state index in [9.17, 15) is 9.18 Å². The lowest BCUT2D eigenvalue weighted by atomic mass is 9.78. The number of amides is 1. The summed E-state index contributed by atoms with van der Waals surface area (Å²) in [6.07, 6.45) is 4.38. The number of halogens is 2. The molecule has 26 heavy (non-hydrogen) atoms. The van der Waals surface area contributed by atoms with Crippen LogP contribution in [0.25, 0.3) is 0 Å². The van der Waals surface area contributed by atoms with E-state index in [1.165, 1.54) is 12.1 Å². The van der Waals surface area contributed by atoms with Crippen molar-refractivity contribution in [2.24, 2.45) is 0 Å². The molecule has 0 bridgehead atoms. The van der Waals surface area contributed by atoms with Crippen LogP contribution in [0.3, 0.4) is 0 Å². The first-order valence-electron chi connectivity index (χ1n) is 9.05. The van der Waals surface area contributed by atoms with Gasteiger partial charge in [0, 0.05) is 5.69 Å². The van der Waals surface area contributed by atoms with E-state index in [0.29, 0.717) is 23.1 Å². The highest BCUT2D eigenvalue weighted by molar-refractivity contribution is 6.32. The van der Waals surface area contributed by atoms with Gasteiger partial charge in [0.25, 0.3) is 0 Å². The Morgan fingerprint density at radius 2 is 1.88 bits per heavy atom. The summed E-state index contributed by atoms with van der Waals surface area (Å²) in [5, 5.41) is 3.46. The molecule has 138 valence electrons. The van der Waals surface area contributed by atoms with Crippen molar-refractivity contribution in [3.05, 3.63) is 58.9 Å². The normalized spacial score (nSPS) is 15.7. The Morgan fingerprint density at radius 1 is 1.19 bits per heavy atom. The van der Waals surface area contributed by atoms with Gasteiger partial charge in [-0.3, -0.25) is 4.79 Å². The van der Waals surface area contributed by atoms with Gasteiger partial charge >= 0.3 is 0 Å². The average molecular weight is 376 g/mol. The SMILES string of the molecule is CCCOc1ccc(NC(=O)C2(c3ccc(F)cc3)CCCC2)cc1Cl. The molecule has 3 nitrogen and oxygen atoms in total. The van der Waals surface area contributed by atoms with Crippen molar-refractivity contribution in [3.63, 3.8) is 0 Å². The minimum absolute atomic E-state index is 0.0695. The van der Waals surface area contributed by atoms with Gasteiger partial charge < -0.3 is 10.1 Å². The van der Waals surface area contributed by atoms with Crippen LogP contribution in [-0.2, 0) is 10.2 Å². The summed E-state index contributed by atoms with van der Waals surface area (Å²) in [5.41, 5.74) is 0.887. The number of benzene rings is 2. The molecule has 2 aromatic rings. The maximum Gasteiger partial charge on any atom is 0.235 e. The van der Waals surface area contributed by atoms with Crippen LogP contribution in [0.4, 0.5) is 10.1 Å². The molecule has 0 aromatic heterocycles. The Hall–Kier alpha value is -2.07. The van der Waals surface area contributed by atoms with E-state index < -0.39 is 5.41 Å². The Bertz CT molecular complexity index is 770. The van der Waals surface area contributed by atoms with Crippen molar-refractivity contribution >= 4 is 23.2 Å². The smallest absolute Gasteiger partial charge is 0.235 e. The van der Waals surface area contributed by atoms with E-state index >= 15 is 0 Å². The second kappa shape index (κ2) is 8.09. The van der Waals surface area contributed by atoms with Crippen LogP contribution in [0.1, 0.15) is 44.6 Å². The Balaban J connectivity index is 1.81. The molecule has 0 heterocycles. The average Bonchev–Trinajstić information content (AvgIpc) is 3.13. The number of hydrogen-bond donors (Lipinski definition) is 1. The second-order valence-electron chi connectivity index (χ2n) is 6.74. The summed E-state index contributed by atoms with van der Waals surface area (Å²) >= 11 is 6.26. The minimum atomic E-state index is -0.614. The first-order valence-corrected chi connectivity index (χ1v) is 9.43. The summed E-state index contributed by atoms with van der Waals surface area (Å²) in [6, 6.07) is 11.5. The van der Waals surface area contributed by atoms with Crippen molar-refractivity contribution < 1.29 is 13.9 Å². The van der Waals surface area contributed by atoms with Crippen LogP contribution in [0, 0.1) is 5.82 Å². The molecular formula is C21H23ClFNO2. The molecule has 1 saturated carbocycles. The third kappa shape index (κ3) is 3.85. The zero-order valence-corrected chi connectivity index (χ0v) is 15.6. The molecule has 0 spiro atoms. The number of hydrogen-bond acceptors (Lipinski definition) is 2. The van der Waals surface area contributed by atoms with Crippen molar-refractivity contribution in [1.82, 2.24) is 0 Å². The van der Waals surface area contributed by atoms with Gasteiger partial charge in [0.15, 0.2) is 0 Å². The third-order valence-electron chi connectivity index (χ3n) is 4.94. The zero-order chi connectivity index (χ0) is 18.6. The zero-order valence-electron chi connectivity index (χ0n) is 14.9. The van der Waals surface area contributed by atoms with Crippen LogP contribution in [0.5, 0.6) is 5.75 Å². The fraction of sp³-hybridized carbons (Fsp3) is 0.381. The van der Waals surface area contributed by atoms with Crippen molar-refractivity contribution in [2.75, 3.05) is 11.9 Å². The van der Waals surface area contributed by atoms with Crippen LogP contribution >= 0.6 is 11.6 Å². The summed E-state index contributed by atoms with van der Waals surface area (Å²) < 4.78 is 18.9. The molecule has 0 aliphatic heterocycles. The molecule has 5 heteroatoms. The fourth-order valence-electron chi connectivity index (χ4n) is 3.55. The molecule has 0 unspecified atom stereocenters. The largest absolute Gasteiger partial charge is 0.492 e. The highest BCUT2D eigenvalue weighted by Gasteiger charge is 2.42. The fourth-order valence-corrected chi connectivity index (χ4v) is 3.79. The monoisotopic (exact) mass is 375 g/mol. The summed E-state index contributed by atoms with van der Waals surface area (Å²) in [5.74, 6) is 0.247. The van der Waals surface area contributed by atoms with Gasteiger partial charge in [-0.15, -0.1) is 0 Å². The predicted molar refractivity (Wildman–Crippen MR) is 102 cm³/mol. The number of carbonyl (C=O) groups excluding carboxylic acids is 1. The number of nitrogens with one attached hydrogen (secondary N) is 1. The van der Waals surface area contributed by atoms with E-state index in [-0.39, 0.29) is 11.7 Å². The van der Waals surface area contributed by atoms with Crippen molar-refractivity contribution in [1.29, 1.82) is 0 Å². The van der Waals surface area contributed by atoms with Gasteiger partial charge in [0.1, 0.15) is 11.6 Å². The molecule has 0 saturated heterocycles. The Morgan fingerprint density at radius 3 is 2.50 bits per heavy atom. The molecule has 3 rings (SSSR count). The summed E-state index contributed by atoms with van der Waals surface area (Å²) in [4.78, 5) is 13.1. The number of carbonyl (C=O) groups is 1. The topological polar surface area (TPSA) is 38.3 Å². The van der Waals surface area contributed by atoms with Crippen molar-refractivity contribution in [3.8, 4) is 5.75 Å². The van der Waals surface area contributed by atoms with E-state index in [2.05, 4.69) is 5.32 Å². The second-order valence-corrected chi connectivity index (χ2v) is 7.15. The molecule has 1 amide bonds. The van der Waals surface area contributed by atoms with E-state index in [1.807, 2.05) is 6.92 Å². The number of rotatable bonds is 6. The highest BCUT2D eigenvalue weighted by Crippen LogP contribution is 2.42. The van der Waals surface area contributed by atoms with Crippen molar-refractivity contribution in [2.45, 2.75) is 44.4 Å². The van der Waals surface area contributed by atoms with Crippen LogP contribution in [0.15, 0.2) is 42.5 Å². The standard InChI is InChI=1S/C21H23ClFNO2/c1-2-13-26-19-10-9-17(14-18(19)22)24-20(25)21(11-3-4-12-21)15-5-7-16(23)8-6-15/h5-10,14H,2-4,11-13H2,1H3,(H,24,25). The van der Waals surface area contributed by atoms with Crippen LogP contribution in [0.2, 0.25) is 5.02 Å². The molecular weight excluding hydrogens is 353 g/mol. The Kier molecular flexibility index (Phi) is 5.82. The summed E-state index contributed by atoms with van der Waals surface area (Å²) in [6.45, 7) is 2.62. The van der Waals surface area contributed by atoms with Gasteiger partial charge in [-0.1, -0.05) is 43.5 Å².